The highest BCUT2D eigenvalue weighted by Crippen LogP contribution is 2.20. The normalized spacial score (nSPS) is 10.4. The van der Waals surface area contributed by atoms with Crippen LogP contribution in [0.4, 0.5) is 5.69 Å². The molecule has 0 aliphatic rings. The molecule has 0 fully saturated rings. The summed E-state index contributed by atoms with van der Waals surface area (Å²) in [4.78, 5) is 12.0. The van der Waals surface area contributed by atoms with E-state index in [0.717, 1.165) is 22.4 Å². The Morgan fingerprint density at radius 2 is 1.96 bits per heavy atom. The molecule has 1 heterocycles. The van der Waals surface area contributed by atoms with Gasteiger partial charge < -0.3 is 14.5 Å². The lowest BCUT2D eigenvalue weighted by molar-refractivity contribution is -0.118. The van der Waals surface area contributed by atoms with Crippen LogP contribution in [0.1, 0.15) is 11.1 Å². The van der Waals surface area contributed by atoms with E-state index in [2.05, 4.69) is 15.5 Å². The van der Waals surface area contributed by atoms with Crippen LogP contribution >= 0.6 is 0 Å². The molecular formula is C18H17N3O3. The lowest BCUT2D eigenvalue weighted by Gasteiger charge is -2.10. The van der Waals surface area contributed by atoms with Crippen LogP contribution in [-0.2, 0) is 4.79 Å². The standard InChI is InChI=1S/C18H17N3O3/c1-12-3-8-16(13(2)9-12)20-17(22)10-23-15-6-4-14(5-7-15)18-21-19-11-24-18/h3-9,11H,10H2,1-2H3,(H,20,22). The number of amides is 1. The summed E-state index contributed by atoms with van der Waals surface area (Å²) in [5, 5.41) is 10.3. The van der Waals surface area contributed by atoms with Crippen LogP contribution in [0.25, 0.3) is 11.5 Å². The van der Waals surface area contributed by atoms with E-state index in [1.807, 2.05) is 32.0 Å². The molecular weight excluding hydrogens is 306 g/mol. The first kappa shape index (κ1) is 15.7. The lowest BCUT2D eigenvalue weighted by Crippen LogP contribution is -2.20. The van der Waals surface area contributed by atoms with Crippen molar-refractivity contribution in [1.29, 1.82) is 0 Å². The van der Waals surface area contributed by atoms with Crippen LogP contribution in [0.15, 0.2) is 53.3 Å². The number of carbonyl (C=O) groups is 1. The minimum absolute atomic E-state index is 0.0623. The van der Waals surface area contributed by atoms with Gasteiger partial charge in [0, 0.05) is 11.3 Å². The third kappa shape index (κ3) is 3.78. The van der Waals surface area contributed by atoms with Crippen molar-refractivity contribution >= 4 is 11.6 Å². The number of anilines is 1. The summed E-state index contributed by atoms with van der Waals surface area (Å²) < 4.78 is 10.6. The summed E-state index contributed by atoms with van der Waals surface area (Å²) in [5.41, 5.74) is 3.76. The molecule has 0 radical (unpaired) electrons. The molecule has 6 nitrogen and oxygen atoms in total. The fourth-order valence-corrected chi connectivity index (χ4v) is 2.28. The number of hydrogen-bond acceptors (Lipinski definition) is 5. The van der Waals surface area contributed by atoms with Gasteiger partial charge in [-0.15, -0.1) is 10.2 Å². The molecule has 2 aromatic carbocycles. The molecule has 0 saturated carbocycles. The molecule has 0 aliphatic heterocycles. The van der Waals surface area contributed by atoms with Crippen molar-refractivity contribution < 1.29 is 13.9 Å². The summed E-state index contributed by atoms with van der Waals surface area (Å²) in [6, 6.07) is 13.0. The van der Waals surface area contributed by atoms with Gasteiger partial charge in [-0.3, -0.25) is 4.79 Å². The number of hydrogen-bond donors (Lipinski definition) is 1. The van der Waals surface area contributed by atoms with Gasteiger partial charge in [-0.25, -0.2) is 0 Å². The number of ether oxygens (including phenoxy) is 1. The summed E-state index contributed by atoms with van der Waals surface area (Å²) in [7, 11) is 0. The van der Waals surface area contributed by atoms with Gasteiger partial charge in [-0.1, -0.05) is 17.7 Å². The second kappa shape index (κ2) is 6.95. The number of rotatable bonds is 5. The van der Waals surface area contributed by atoms with Crippen molar-refractivity contribution in [1.82, 2.24) is 10.2 Å². The van der Waals surface area contributed by atoms with E-state index >= 15 is 0 Å². The third-order valence-corrected chi connectivity index (χ3v) is 3.49. The number of aryl methyl sites for hydroxylation is 2. The zero-order valence-electron chi connectivity index (χ0n) is 13.4. The number of benzene rings is 2. The summed E-state index contributed by atoms with van der Waals surface area (Å²) in [6.07, 6.45) is 1.27. The van der Waals surface area contributed by atoms with Crippen molar-refractivity contribution in [3.05, 3.63) is 60.0 Å². The Kier molecular flexibility index (Phi) is 4.56. The Hall–Kier alpha value is -3.15. The van der Waals surface area contributed by atoms with Gasteiger partial charge in [0.25, 0.3) is 5.91 Å². The molecule has 3 rings (SSSR count). The molecule has 0 atom stereocenters. The Morgan fingerprint density at radius 3 is 2.62 bits per heavy atom. The second-order valence-corrected chi connectivity index (χ2v) is 5.42. The molecule has 0 bridgehead atoms. The second-order valence-electron chi connectivity index (χ2n) is 5.42. The Bertz CT molecular complexity index is 827. The van der Waals surface area contributed by atoms with Crippen LogP contribution < -0.4 is 10.1 Å². The first-order valence-corrected chi connectivity index (χ1v) is 7.48. The van der Waals surface area contributed by atoms with Crippen LogP contribution in [-0.4, -0.2) is 22.7 Å². The molecule has 0 saturated heterocycles. The number of aromatic nitrogens is 2. The van der Waals surface area contributed by atoms with Crippen molar-refractivity contribution in [3.8, 4) is 17.2 Å². The van der Waals surface area contributed by atoms with Crippen LogP contribution in [0, 0.1) is 13.8 Å². The molecule has 24 heavy (non-hydrogen) atoms. The SMILES string of the molecule is Cc1ccc(NC(=O)COc2ccc(-c3nnco3)cc2)c(C)c1. The van der Waals surface area contributed by atoms with E-state index < -0.39 is 0 Å². The van der Waals surface area contributed by atoms with E-state index in [0.29, 0.717) is 11.6 Å². The Balaban J connectivity index is 1.56. The van der Waals surface area contributed by atoms with Crippen LogP contribution in [0.2, 0.25) is 0 Å². The molecule has 0 unspecified atom stereocenters. The molecule has 1 aromatic heterocycles. The van der Waals surface area contributed by atoms with E-state index in [1.54, 1.807) is 24.3 Å². The maximum Gasteiger partial charge on any atom is 0.262 e. The van der Waals surface area contributed by atoms with Gasteiger partial charge in [0.05, 0.1) is 0 Å². The van der Waals surface area contributed by atoms with E-state index in [4.69, 9.17) is 9.15 Å². The van der Waals surface area contributed by atoms with Crippen molar-refractivity contribution in [2.24, 2.45) is 0 Å². The number of nitrogens with one attached hydrogen (secondary N) is 1. The summed E-state index contributed by atoms with van der Waals surface area (Å²) in [6.45, 7) is 3.91. The molecule has 1 amide bonds. The maximum absolute atomic E-state index is 12.0. The van der Waals surface area contributed by atoms with Gasteiger partial charge in [0.2, 0.25) is 12.3 Å². The van der Waals surface area contributed by atoms with Crippen molar-refractivity contribution in [2.45, 2.75) is 13.8 Å². The Morgan fingerprint density at radius 1 is 1.17 bits per heavy atom. The zero-order chi connectivity index (χ0) is 16.9. The minimum atomic E-state index is -0.206. The largest absolute Gasteiger partial charge is 0.484 e. The average Bonchev–Trinajstić information content (AvgIpc) is 3.11. The minimum Gasteiger partial charge on any atom is -0.484 e. The van der Waals surface area contributed by atoms with Crippen LogP contribution in [0.3, 0.4) is 0 Å². The zero-order valence-corrected chi connectivity index (χ0v) is 13.4. The fourth-order valence-electron chi connectivity index (χ4n) is 2.28. The predicted molar refractivity (Wildman–Crippen MR) is 89.8 cm³/mol. The molecule has 0 aliphatic carbocycles. The van der Waals surface area contributed by atoms with Gasteiger partial charge in [0.1, 0.15) is 5.75 Å². The smallest absolute Gasteiger partial charge is 0.262 e. The maximum atomic E-state index is 12.0. The Labute approximate surface area is 139 Å². The van der Waals surface area contributed by atoms with Crippen molar-refractivity contribution in [3.63, 3.8) is 0 Å². The number of carbonyl (C=O) groups excluding carboxylic acids is 1. The highest BCUT2D eigenvalue weighted by molar-refractivity contribution is 5.92. The molecule has 122 valence electrons. The molecule has 1 N–H and O–H groups in total. The lowest BCUT2D eigenvalue weighted by atomic mass is 10.1. The summed E-state index contributed by atoms with van der Waals surface area (Å²) in [5.74, 6) is 0.825. The first-order chi connectivity index (χ1) is 11.6. The fraction of sp³-hybridized carbons (Fsp3) is 0.167. The van der Waals surface area contributed by atoms with E-state index in [9.17, 15) is 4.79 Å². The molecule has 3 aromatic rings. The molecule has 6 heteroatoms. The molecule has 0 spiro atoms. The highest BCUT2D eigenvalue weighted by atomic mass is 16.5. The van der Waals surface area contributed by atoms with Gasteiger partial charge in [-0.05, 0) is 49.7 Å². The first-order valence-electron chi connectivity index (χ1n) is 7.48. The third-order valence-electron chi connectivity index (χ3n) is 3.49. The van der Waals surface area contributed by atoms with E-state index in [-0.39, 0.29) is 12.5 Å². The monoisotopic (exact) mass is 323 g/mol. The topological polar surface area (TPSA) is 77.2 Å². The number of nitrogens with zero attached hydrogens (tertiary/aromatic N) is 2. The van der Waals surface area contributed by atoms with Gasteiger partial charge in [0.15, 0.2) is 6.61 Å². The highest BCUT2D eigenvalue weighted by Gasteiger charge is 2.07. The quantitative estimate of drug-likeness (QED) is 0.779. The van der Waals surface area contributed by atoms with Crippen molar-refractivity contribution in [2.75, 3.05) is 11.9 Å². The van der Waals surface area contributed by atoms with E-state index in [1.165, 1.54) is 6.39 Å². The van der Waals surface area contributed by atoms with Gasteiger partial charge >= 0.3 is 0 Å². The van der Waals surface area contributed by atoms with Crippen LogP contribution in [0.5, 0.6) is 5.75 Å². The van der Waals surface area contributed by atoms with Gasteiger partial charge in [-0.2, -0.15) is 0 Å². The summed E-state index contributed by atoms with van der Waals surface area (Å²) >= 11 is 0. The average molecular weight is 323 g/mol. The predicted octanol–water partition coefficient (Wildman–Crippen LogP) is 3.37.